The Morgan fingerprint density at radius 2 is 1.34 bits per heavy atom. The Morgan fingerprint density at radius 3 is 1.98 bits per heavy atom. The van der Waals surface area contributed by atoms with E-state index in [4.69, 9.17) is 4.74 Å². The van der Waals surface area contributed by atoms with E-state index in [2.05, 4.69) is 22.4 Å². The third-order valence-corrected chi connectivity index (χ3v) is 7.47. The first-order valence-corrected chi connectivity index (χ1v) is 14.5. The monoisotopic (exact) mass is 571 g/mol. The van der Waals surface area contributed by atoms with Gasteiger partial charge in [-0.25, -0.2) is 22.9 Å². The maximum absolute atomic E-state index is 12.7. The van der Waals surface area contributed by atoms with Gasteiger partial charge in [-0.05, 0) is 66.8 Å². The molecule has 0 spiro atoms. The number of aromatic nitrogens is 1. The molecular formula is C31H29N3O6S. The first kappa shape index (κ1) is 29.2. The Labute approximate surface area is 238 Å². The number of pyridine rings is 1. The summed E-state index contributed by atoms with van der Waals surface area (Å²) in [6.07, 6.45) is 3.76. The van der Waals surface area contributed by atoms with Gasteiger partial charge in [-0.3, -0.25) is 9.59 Å². The van der Waals surface area contributed by atoms with E-state index in [9.17, 15) is 22.8 Å². The van der Waals surface area contributed by atoms with Gasteiger partial charge < -0.3 is 10.1 Å². The van der Waals surface area contributed by atoms with E-state index in [0.29, 0.717) is 12.1 Å². The summed E-state index contributed by atoms with van der Waals surface area (Å²) in [6.45, 7) is 0.566. The van der Waals surface area contributed by atoms with Crippen LogP contribution in [0.3, 0.4) is 0 Å². The van der Waals surface area contributed by atoms with E-state index in [1.807, 2.05) is 53.3 Å². The van der Waals surface area contributed by atoms with Crippen molar-refractivity contribution < 1.29 is 27.5 Å². The van der Waals surface area contributed by atoms with Crippen molar-refractivity contribution in [3.63, 3.8) is 0 Å². The van der Waals surface area contributed by atoms with Gasteiger partial charge >= 0.3 is 5.97 Å². The number of unbranched alkanes of at least 4 members (excludes halogenated alkanes) is 1. The van der Waals surface area contributed by atoms with Gasteiger partial charge in [0.05, 0.1) is 10.5 Å². The molecular weight excluding hydrogens is 542 g/mol. The lowest BCUT2D eigenvalue weighted by molar-refractivity contribution is 0.0465. The standard InChI is InChI=1S/C31H29N3O6S/c35-29(32-20-8-7-11-23-9-3-1-4-10-23)25-14-17-27(18-15-25)41(38,39)34-30(36)26-16-19-28(33-21-26)31(37)40-22-24-12-5-2-6-13-24/h1-6,9-10,12-19,21H,7-8,11,20,22H2,(H,32,35)(H,34,36). The van der Waals surface area contributed by atoms with Crippen molar-refractivity contribution in [2.75, 3.05) is 6.54 Å². The number of carbonyl (C=O) groups is 3. The normalized spacial score (nSPS) is 10.9. The summed E-state index contributed by atoms with van der Waals surface area (Å²) in [5.74, 6) is -1.91. The first-order valence-electron chi connectivity index (χ1n) is 13.0. The van der Waals surface area contributed by atoms with E-state index in [0.717, 1.165) is 31.0 Å². The lowest BCUT2D eigenvalue weighted by Crippen LogP contribution is -2.31. The summed E-state index contributed by atoms with van der Waals surface area (Å²) in [5.41, 5.74) is 2.28. The van der Waals surface area contributed by atoms with Crippen molar-refractivity contribution >= 4 is 27.8 Å². The number of nitrogens with zero attached hydrogens (tertiary/aromatic N) is 1. The zero-order valence-electron chi connectivity index (χ0n) is 22.2. The molecule has 3 aromatic carbocycles. The minimum Gasteiger partial charge on any atom is -0.456 e. The SMILES string of the molecule is O=C(NCCCCc1ccccc1)c1ccc(S(=O)(=O)NC(=O)c2ccc(C(=O)OCc3ccccc3)nc2)cc1. The maximum atomic E-state index is 12.7. The summed E-state index contributed by atoms with van der Waals surface area (Å²) in [6, 6.07) is 27.1. The predicted molar refractivity (Wildman–Crippen MR) is 153 cm³/mol. The quantitative estimate of drug-likeness (QED) is 0.191. The van der Waals surface area contributed by atoms with Crippen molar-refractivity contribution in [1.29, 1.82) is 0 Å². The minimum absolute atomic E-state index is 0.0228. The number of hydrogen-bond donors (Lipinski definition) is 2. The fourth-order valence-corrected chi connectivity index (χ4v) is 4.85. The number of ether oxygens (including phenoxy) is 1. The molecule has 1 aromatic heterocycles. The fraction of sp³-hybridized carbons (Fsp3) is 0.161. The molecule has 41 heavy (non-hydrogen) atoms. The molecule has 0 bridgehead atoms. The molecule has 1 heterocycles. The van der Waals surface area contributed by atoms with Crippen LogP contribution in [0.25, 0.3) is 0 Å². The molecule has 0 fully saturated rings. The van der Waals surface area contributed by atoms with Crippen LogP contribution in [-0.2, 0) is 27.8 Å². The number of aryl methyl sites for hydroxylation is 1. The van der Waals surface area contributed by atoms with E-state index < -0.39 is 21.9 Å². The van der Waals surface area contributed by atoms with Crippen LogP contribution in [0.4, 0.5) is 0 Å². The average Bonchev–Trinajstić information content (AvgIpc) is 3.00. The molecule has 210 valence electrons. The third-order valence-electron chi connectivity index (χ3n) is 6.12. The Hall–Kier alpha value is -4.83. The van der Waals surface area contributed by atoms with Crippen LogP contribution in [0.1, 0.15) is 55.2 Å². The zero-order valence-corrected chi connectivity index (χ0v) is 23.0. The number of hydrogen-bond acceptors (Lipinski definition) is 7. The molecule has 0 atom stereocenters. The lowest BCUT2D eigenvalue weighted by Gasteiger charge is -2.09. The van der Waals surface area contributed by atoms with Crippen LogP contribution in [0.5, 0.6) is 0 Å². The number of amides is 2. The molecule has 0 aliphatic rings. The summed E-state index contributed by atoms with van der Waals surface area (Å²) in [7, 11) is -4.22. The van der Waals surface area contributed by atoms with Crippen LogP contribution >= 0.6 is 0 Å². The van der Waals surface area contributed by atoms with Crippen molar-refractivity contribution in [3.05, 3.63) is 131 Å². The van der Waals surface area contributed by atoms with Crippen LogP contribution in [0.15, 0.2) is 108 Å². The van der Waals surface area contributed by atoms with Crippen molar-refractivity contribution in [3.8, 4) is 0 Å². The molecule has 0 saturated carbocycles. The Kier molecular flexibility index (Phi) is 9.95. The molecule has 10 heteroatoms. The first-order chi connectivity index (χ1) is 19.8. The molecule has 0 aliphatic carbocycles. The predicted octanol–water partition coefficient (Wildman–Crippen LogP) is 4.31. The fourth-order valence-electron chi connectivity index (χ4n) is 3.87. The van der Waals surface area contributed by atoms with Crippen LogP contribution in [0, 0.1) is 0 Å². The average molecular weight is 572 g/mol. The molecule has 0 unspecified atom stereocenters. The lowest BCUT2D eigenvalue weighted by atomic mass is 10.1. The van der Waals surface area contributed by atoms with Gasteiger partial charge in [-0.1, -0.05) is 60.7 Å². The highest BCUT2D eigenvalue weighted by Gasteiger charge is 2.20. The molecule has 4 rings (SSSR count). The number of nitrogens with one attached hydrogen (secondary N) is 2. The van der Waals surface area contributed by atoms with E-state index in [1.54, 1.807) is 0 Å². The highest BCUT2D eigenvalue weighted by molar-refractivity contribution is 7.90. The second-order valence-electron chi connectivity index (χ2n) is 9.15. The topological polar surface area (TPSA) is 132 Å². The maximum Gasteiger partial charge on any atom is 0.357 e. The molecule has 2 N–H and O–H groups in total. The van der Waals surface area contributed by atoms with Gasteiger partial charge in [-0.2, -0.15) is 0 Å². The van der Waals surface area contributed by atoms with Crippen LogP contribution < -0.4 is 10.0 Å². The summed E-state index contributed by atoms with van der Waals surface area (Å²) >= 11 is 0. The minimum atomic E-state index is -4.22. The van der Waals surface area contributed by atoms with Crippen molar-refractivity contribution in [2.45, 2.75) is 30.8 Å². The molecule has 0 saturated heterocycles. The van der Waals surface area contributed by atoms with Crippen LogP contribution in [0.2, 0.25) is 0 Å². The summed E-state index contributed by atoms with van der Waals surface area (Å²) in [5, 5.41) is 2.83. The second kappa shape index (κ2) is 14.0. The molecule has 9 nitrogen and oxygen atoms in total. The Morgan fingerprint density at radius 1 is 0.707 bits per heavy atom. The van der Waals surface area contributed by atoms with Crippen molar-refractivity contribution in [2.24, 2.45) is 0 Å². The van der Waals surface area contributed by atoms with Crippen LogP contribution in [-0.4, -0.2) is 37.7 Å². The highest BCUT2D eigenvalue weighted by Crippen LogP contribution is 2.13. The van der Waals surface area contributed by atoms with Gasteiger partial charge in [0.25, 0.3) is 21.8 Å². The number of benzene rings is 3. The smallest absolute Gasteiger partial charge is 0.357 e. The zero-order chi connectivity index (χ0) is 29.1. The second-order valence-corrected chi connectivity index (χ2v) is 10.8. The Bertz CT molecular complexity index is 1570. The number of rotatable bonds is 12. The number of sulfonamides is 1. The number of carbonyl (C=O) groups excluding carboxylic acids is 3. The summed E-state index contributed by atoms with van der Waals surface area (Å²) in [4.78, 5) is 40.9. The number of esters is 1. The Balaban J connectivity index is 1.25. The largest absolute Gasteiger partial charge is 0.456 e. The molecule has 0 radical (unpaired) electrons. The highest BCUT2D eigenvalue weighted by atomic mass is 32.2. The van der Waals surface area contributed by atoms with E-state index in [1.165, 1.54) is 42.0 Å². The van der Waals surface area contributed by atoms with E-state index >= 15 is 0 Å². The summed E-state index contributed by atoms with van der Waals surface area (Å²) < 4.78 is 32.6. The van der Waals surface area contributed by atoms with Gasteiger partial charge in [0.1, 0.15) is 12.3 Å². The van der Waals surface area contributed by atoms with Gasteiger partial charge in [0.15, 0.2) is 0 Å². The van der Waals surface area contributed by atoms with Gasteiger partial charge in [-0.15, -0.1) is 0 Å². The van der Waals surface area contributed by atoms with Crippen molar-refractivity contribution in [1.82, 2.24) is 15.0 Å². The third kappa shape index (κ3) is 8.58. The molecule has 4 aromatic rings. The molecule has 0 aliphatic heterocycles. The van der Waals surface area contributed by atoms with Gasteiger partial charge in [0.2, 0.25) is 0 Å². The van der Waals surface area contributed by atoms with E-state index in [-0.39, 0.29) is 28.7 Å². The molecule has 2 amide bonds. The van der Waals surface area contributed by atoms with Gasteiger partial charge in [0, 0.05) is 18.3 Å².